The number of methoxy groups -OCH3 is 1. The molecule has 2 aromatic rings. The van der Waals surface area contributed by atoms with Crippen molar-refractivity contribution in [1.82, 2.24) is 0 Å². The lowest BCUT2D eigenvalue weighted by Crippen LogP contribution is -1.99. The molecule has 0 N–H and O–H groups in total. The number of benzene rings is 2. The van der Waals surface area contributed by atoms with Crippen molar-refractivity contribution in [3.05, 3.63) is 57.0 Å². The summed E-state index contributed by atoms with van der Waals surface area (Å²) in [5.74, 6) is 1.72. The molecule has 0 aliphatic rings. The monoisotopic (exact) mass is 374 g/mol. The molecule has 2 rings (SSSR count). The zero-order valence-electron chi connectivity index (χ0n) is 10.8. The van der Waals surface area contributed by atoms with Crippen molar-refractivity contribution in [2.45, 2.75) is 12.5 Å². The third-order valence-corrected chi connectivity index (χ3v) is 3.85. The largest absolute Gasteiger partial charge is 0.493 e. The average Bonchev–Trinajstić information content (AvgIpc) is 2.45. The number of ether oxygens (including phenoxy) is 2. The van der Waals surface area contributed by atoms with Crippen LogP contribution in [-0.2, 0) is 12.5 Å². The molecule has 0 aliphatic carbocycles. The molecule has 0 bridgehead atoms. The van der Waals surface area contributed by atoms with Gasteiger partial charge in [0.25, 0.3) is 0 Å². The van der Waals surface area contributed by atoms with Gasteiger partial charge in [-0.15, -0.1) is 11.6 Å². The van der Waals surface area contributed by atoms with Gasteiger partial charge in [-0.1, -0.05) is 23.7 Å². The van der Waals surface area contributed by atoms with E-state index < -0.39 is 0 Å². The Morgan fingerprint density at radius 1 is 1.15 bits per heavy atom. The Hall–Kier alpha value is -0.900. The zero-order chi connectivity index (χ0) is 14.5. The van der Waals surface area contributed by atoms with Crippen LogP contribution in [0.15, 0.2) is 40.9 Å². The average molecular weight is 376 g/mol. The molecule has 0 aromatic heterocycles. The molecule has 106 valence electrons. The van der Waals surface area contributed by atoms with Gasteiger partial charge in [0.2, 0.25) is 0 Å². The first-order valence-electron chi connectivity index (χ1n) is 5.93. The van der Waals surface area contributed by atoms with Crippen LogP contribution in [0.25, 0.3) is 0 Å². The van der Waals surface area contributed by atoms with Gasteiger partial charge < -0.3 is 9.47 Å². The van der Waals surface area contributed by atoms with E-state index in [1.807, 2.05) is 36.4 Å². The second-order valence-corrected chi connectivity index (χ2v) is 5.72. The minimum Gasteiger partial charge on any atom is -0.493 e. The maximum absolute atomic E-state index is 5.95. The Labute approximate surface area is 136 Å². The fourth-order valence-corrected chi connectivity index (χ4v) is 2.74. The third-order valence-electron chi connectivity index (χ3n) is 2.72. The van der Waals surface area contributed by atoms with Crippen molar-refractivity contribution < 1.29 is 9.47 Å². The van der Waals surface area contributed by atoms with E-state index in [2.05, 4.69) is 15.9 Å². The number of halogens is 3. The van der Waals surface area contributed by atoms with Crippen LogP contribution in [0.1, 0.15) is 11.1 Å². The minimum atomic E-state index is 0.412. The predicted octanol–water partition coefficient (Wildman–Crippen LogP) is 5.43. The lowest BCUT2D eigenvalue weighted by molar-refractivity contribution is 0.282. The van der Waals surface area contributed by atoms with Gasteiger partial charge in [-0.3, -0.25) is 0 Å². The highest BCUT2D eigenvalue weighted by Crippen LogP contribution is 2.37. The van der Waals surface area contributed by atoms with E-state index in [1.165, 1.54) is 0 Å². The van der Waals surface area contributed by atoms with Crippen LogP contribution in [0.5, 0.6) is 11.5 Å². The number of rotatable bonds is 5. The molecule has 0 saturated carbocycles. The van der Waals surface area contributed by atoms with Crippen molar-refractivity contribution in [2.75, 3.05) is 7.11 Å². The topological polar surface area (TPSA) is 18.5 Å². The van der Waals surface area contributed by atoms with Gasteiger partial charge in [-0.05, 0) is 51.3 Å². The van der Waals surface area contributed by atoms with E-state index in [4.69, 9.17) is 32.7 Å². The van der Waals surface area contributed by atoms with Gasteiger partial charge in [0, 0.05) is 10.9 Å². The molecule has 2 nitrogen and oxygen atoms in total. The van der Waals surface area contributed by atoms with E-state index in [1.54, 1.807) is 7.11 Å². The van der Waals surface area contributed by atoms with Gasteiger partial charge in [0.15, 0.2) is 11.5 Å². The Bertz CT molecular complexity index is 602. The quantitative estimate of drug-likeness (QED) is 0.648. The van der Waals surface area contributed by atoms with Gasteiger partial charge in [-0.2, -0.15) is 0 Å². The van der Waals surface area contributed by atoms with E-state index >= 15 is 0 Å². The van der Waals surface area contributed by atoms with Crippen LogP contribution >= 0.6 is 39.1 Å². The maximum atomic E-state index is 5.95. The Balaban J connectivity index is 2.20. The van der Waals surface area contributed by atoms with Crippen LogP contribution in [0, 0.1) is 0 Å². The van der Waals surface area contributed by atoms with E-state index in [9.17, 15) is 0 Å². The second kappa shape index (κ2) is 7.21. The second-order valence-electron chi connectivity index (χ2n) is 4.16. The fourth-order valence-electron chi connectivity index (χ4n) is 1.77. The first kappa shape index (κ1) is 15.5. The third kappa shape index (κ3) is 3.81. The Morgan fingerprint density at radius 2 is 1.95 bits per heavy atom. The summed E-state index contributed by atoms with van der Waals surface area (Å²) in [5.41, 5.74) is 1.96. The summed E-state index contributed by atoms with van der Waals surface area (Å²) in [6.45, 7) is 0.412. The molecule has 0 fully saturated rings. The van der Waals surface area contributed by atoms with E-state index in [0.717, 1.165) is 15.6 Å². The van der Waals surface area contributed by atoms with Crippen molar-refractivity contribution in [3.63, 3.8) is 0 Å². The maximum Gasteiger partial charge on any atom is 0.175 e. The van der Waals surface area contributed by atoms with Crippen LogP contribution in [0.2, 0.25) is 5.02 Å². The summed E-state index contributed by atoms with van der Waals surface area (Å²) in [7, 11) is 1.60. The molecule has 0 amide bonds. The van der Waals surface area contributed by atoms with E-state index in [0.29, 0.717) is 29.0 Å². The van der Waals surface area contributed by atoms with Gasteiger partial charge in [-0.25, -0.2) is 0 Å². The molecule has 0 radical (unpaired) electrons. The summed E-state index contributed by atoms with van der Waals surface area (Å²) in [5, 5.41) is 0.689. The molecule has 0 atom stereocenters. The van der Waals surface area contributed by atoms with Crippen LogP contribution in [-0.4, -0.2) is 7.11 Å². The van der Waals surface area contributed by atoms with Crippen molar-refractivity contribution in [2.24, 2.45) is 0 Å². The molecule has 0 unspecified atom stereocenters. The predicted molar refractivity (Wildman–Crippen MR) is 86.0 cm³/mol. The minimum absolute atomic E-state index is 0.412. The highest BCUT2D eigenvalue weighted by atomic mass is 79.9. The van der Waals surface area contributed by atoms with Crippen LogP contribution in [0.3, 0.4) is 0 Å². The number of hydrogen-bond acceptors (Lipinski definition) is 2. The number of alkyl halides is 1. The molecular formula is C15H13BrCl2O2. The Morgan fingerprint density at radius 3 is 2.60 bits per heavy atom. The molecule has 2 aromatic carbocycles. The molecule has 5 heteroatoms. The van der Waals surface area contributed by atoms with Crippen LogP contribution in [0.4, 0.5) is 0 Å². The first-order valence-corrected chi connectivity index (χ1v) is 7.64. The summed E-state index contributed by atoms with van der Waals surface area (Å²) in [6.07, 6.45) is 0. The van der Waals surface area contributed by atoms with Gasteiger partial charge >= 0.3 is 0 Å². The van der Waals surface area contributed by atoms with Crippen LogP contribution < -0.4 is 9.47 Å². The van der Waals surface area contributed by atoms with Gasteiger partial charge in [0.05, 0.1) is 11.6 Å². The van der Waals surface area contributed by atoms with Crippen molar-refractivity contribution in [3.8, 4) is 11.5 Å². The summed E-state index contributed by atoms with van der Waals surface area (Å²) >= 11 is 15.3. The van der Waals surface area contributed by atoms with E-state index in [-0.39, 0.29) is 0 Å². The van der Waals surface area contributed by atoms with Gasteiger partial charge in [0.1, 0.15) is 6.61 Å². The lowest BCUT2D eigenvalue weighted by Gasteiger charge is -2.14. The standard InChI is InChI=1S/C15H13BrCl2O2/c1-19-14-7-11(8-17)6-13(16)15(14)20-9-10-3-2-4-12(18)5-10/h2-7H,8-9H2,1H3. The highest BCUT2D eigenvalue weighted by Gasteiger charge is 2.11. The summed E-state index contributed by atoms with van der Waals surface area (Å²) in [6, 6.07) is 11.3. The Kier molecular flexibility index (Phi) is 5.58. The normalized spacial score (nSPS) is 10.4. The molecule has 0 aliphatic heterocycles. The van der Waals surface area contributed by atoms with Crippen molar-refractivity contribution >= 4 is 39.1 Å². The zero-order valence-corrected chi connectivity index (χ0v) is 13.9. The summed E-state index contributed by atoms with van der Waals surface area (Å²) < 4.78 is 12.0. The molecule has 0 spiro atoms. The SMILES string of the molecule is COc1cc(CCl)cc(Br)c1OCc1cccc(Cl)c1. The number of hydrogen-bond donors (Lipinski definition) is 0. The molecule has 0 heterocycles. The fraction of sp³-hybridized carbons (Fsp3) is 0.200. The molecular weight excluding hydrogens is 363 g/mol. The molecule has 20 heavy (non-hydrogen) atoms. The molecule has 0 saturated heterocycles. The highest BCUT2D eigenvalue weighted by molar-refractivity contribution is 9.10. The van der Waals surface area contributed by atoms with Crippen molar-refractivity contribution in [1.29, 1.82) is 0 Å². The lowest BCUT2D eigenvalue weighted by atomic mass is 10.2. The summed E-state index contributed by atoms with van der Waals surface area (Å²) in [4.78, 5) is 0. The first-order chi connectivity index (χ1) is 9.63. The smallest absolute Gasteiger partial charge is 0.175 e.